The first-order valence-corrected chi connectivity index (χ1v) is 6.67. The summed E-state index contributed by atoms with van der Waals surface area (Å²) in [5.41, 5.74) is 0.258. The van der Waals surface area contributed by atoms with E-state index < -0.39 is 29.3 Å². The van der Waals surface area contributed by atoms with Crippen molar-refractivity contribution in [1.29, 1.82) is 0 Å². The van der Waals surface area contributed by atoms with Crippen molar-refractivity contribution in [2.24, 2.45) is 0 Å². The Morgan fingerprint density at radius 1 is 1.30 bits per heavy atom. The standard InChI is InChI=1S/C13H8F3NO2S/c14-7-3-1-5(9(15)10(7)16)12-17-11-6(13(18)19)2-4-8(11)20-12/h1,3,6H,2,4H2,(H,18,19). The summed E-state index contributed by atoms with van der Waals surface area (Å²) in [6, 6.07) is 1.94. The molecule has 0 saturated carbocycles. The summed E-state index contributed by atoms with van der Waals surface area (Å²) >= 11 is 1.12. The highest BCUT2D eigenvalue weighted by molar-refractivity contribution is 7.15. The predicted octanol–water partition coefficient (Wildman–Crippen LogP) is 3.34. The monoisotopic (exact) mass is 299 g/mol. The third kappa shape index (κ3) is 1.89. The van der Waals surface area contributed by atoms with Crippen molar-refractivity contribution in [1.82, 2.24) is 4.98 Å². The maximum Gasteiger partial charge on any atom is 0.312 e. The molecule has 104 valence electrons. The summed E-state index contributed by atoms with van der Waals surface area (Å²) in [6.07, 6.45) is 1.01. The Labute approximate surface area is 115 Å². The topological polar surface area (TPSA) is 50.2 Å². The molecular weight excluding hydrogens is 291 g/mol. The number of carbonyl (C=O) groups is 1. The van der Waals surface area contributed by atoms with Crippen LogP contribution in [0.15, 0.2) is 12.1 Å². The minimum Gasteiger partial charge on any atom is -0.481 e. The van der Waals surface area contributed by atoms with Crippen LogP contribution in [0.1, 0.15) is 22.9 Å². The zero-order chi connectivity index (χ0) is 14.4. The van der Waals surface area contributed by atoms with Crippen LogP contribution in [0.3, 0.4) is 0 Å². The molecule has 0 radical (unpaired) electrons. The fraction of sp³-hybridized carbons (Fsp3) is 0.231. The molecule has 0 spiro atoms. The molecule has 1 atom stereocenters. The molecule has 0 amide bonds. The van der Waals surface area contributed by atoms with Crippen molar-refractivity contribution in [3.8, 4) is 10.6 Å². The number of thiazole rings is 1. The van der Waals surface area contributed by atoms with Crippen LogP contribution in [0.5, 0.6) is 0 Å². The van der Waals surface area contributed by atoms with Gasteiger partial charge in [-0.3, -0.25) is 4.79 Å². The van der Waals surface area contributed by atoms with Gasteiger partial charge in [0.25, 0.3) is 0 Å². The third-order valence-corrected chi connectivity index (χ3v) is 4.45. The van der Waals surface area contributed by atoms with Crippen molar-refractivity contribution < 1.29 is 23.1 Å². The summed E-state index contributed by atoms with van der Waals surface area (Å²) < 4.78 is 39.8. The van der Waals surface area contributed by atoms with Crippen molar-refractivity contribution >= 4 is 17.3 Å². The molecule has 1 N–H and O–H groups in total. The fourth-order valence-electron chi connectivity index (χ4n) is 2.27. The van der Waals surface area contributed by atoms with Gasteiger partial charge in [-0.15, -0.1) is 11.3 Å². The molecule has 0 bridgehead atoms. The zero-order valence-electron chi connectivity index (χ0n) is 9.99. The predicted molar refractivity (Wildman–Crippen MR) is 66.1 cm³/mol. The molecule has 1 unspecified atom stereocenters. The lowest BCUT2D eigenvalue weighted by Gasteiger charge is -2.03. The van der Waals surface area contributed by atoms with Crippen LogP contribution in [0.25, 0.3) is 10.6 Å². The number of aliphatic carboxylic acids is 1. The quantitative estimate of drug-likeness (QED) is 0.865. The Morgan fingerprint density at radius 2 is 2.05 bits per heavy atom. The number of nitrogens with zero attached hydrogens (tertiary/aromatic N) is 1. The number of benzene rings is 1. The van der Waals surface area contributed by atoms with Crippen molar-refractivity contribution in [3.05, 3.63) is 40.2 Å². The molecule has 7 heteroatoms. The highest BCUT2D eigenvalue weighted by atomic mass is 32.1. The summed E-state index contributed by atoms with van der Waals surface area (Å²) in [6.45, 7) is 0. The molecule has 1 aliphatic rings. The number of fused-ring (bicyclic) bond motifs is 1. The lowest BCUT2D eigenvalue weighted by molar-refractivity contribution is -0.138. The van der Waals surface area contributed by atoms with Crippen LogP contribution < -0.4 is 0 Å². The van der Waals surface area contributed by atoms with Gasteiger partial charge >= 0.3 is 5.97 Å². The Bertz CT molecular complexity index is 714. The van der Waals surface area contributed by atoms with Gasteiger partial charge in [-0.2, -0.15) is 0 Å². The van der Waals surface area contributed by atoms with Crippen LogP contribution in [-0.4, -0.2) is 16.1 Å². The van der Waals surface area contributed by atoms with Gasteiger partial charge in [0, 0.05) is 10.4 Å². The summed E-state index contributed by atoms with van der Waals surface area (Å²) in [5, 5.41) is 9.23. The normalized spacial score (nSPS) is 17.2. The maximum atomic E-state index is 13.7. The van der Waals surface area contributed by atoms with Gasteiger partial charge in [0.2, 0.25) is 0 Å². The summed E-state index contributed by atoms with van der Waals surface area (Å²) in [7, 11) is 0. The number of hydrogen-bond donors (Lipinski definition) is 1. The Hall–Kier alpha value is -1.89. The van der Waals surface area contributed by atoms with Gasteiger partial charge in [0.1, 0.15) is 10.9 Å². The number of carboxylic acids is 1. The van der Waals surface area contributed by atoms with Gasteiger partial charge in [-0.05, 0) is 25.0 Å². The van der Waals surface area contributed by atoms with E-state index in [1.165, 1.54) is 0 Å². The van der Waals surface area contributed by atoms with Crippen LogP contribution in [0, 0.1) is 17.5 Å². The Kier molecular flexibility index (Phi) is 3.01. The van der Waals surface area contributed by atoms with E-state index in [2.05, 4.69) is 4.98 Å². The van der Waals surface area contributed by atoms with Crippen LogP contribution in [0.4, 0.5) is 13.2 Å². The second-order valence-electron chi connectivity index (χ2n) is 4.48. The Balaban J connectivity index is 2.08. The Morgan fingerprint density at radius 3 is 2.75 bits per heavy atom. The van der Waals surface area contributed by atoms with Crippen LogP contribution >= 0.6 is 11.3 Å². The smallest absolute Gasteiger partial charge is 0.312 e. The molecule has 1 heterocycles. The zero-order valence-corrected chi connectivity index (χ0v) is 10.8. The second-order valence-corrected chi connectivity index (χ2v) is 5.56. The number of aromatic nitrogens is 1. The first kappa shape index (κ1) is 13.1. The summed E-state index contributed by atoms with van der Waals surface area (Å²) in [4.78, 5) is 15.9. The van der Waals surface area contributed by atoms with E-state index >= 15 is 0 Å². The summed E-state index contributed by atoms with van der Waals surface area (Å²) in [5.74, 6) is -5.80. The van der Waals surface area contributed by atoms with E-state index in [9.17, 15) is 18.0 Å². The molecule has 0 fully saturated rings. The molecule has 1 aromatic carbocycles. The number of hydrogen-bond acceptors (Lipinski definition) is 3. The largest absolute Gasteiger partial charge is 0.481 e. The highest BCUT2D eigenvalue weighted by Gasteiger charge is 2.33. The lowest BCUT2D eigenvalue weighted by Crippen LogP contribution is -2.08. The van der Waals surface area contributed by atoms with E-state index in [0.29, 0.717) is 18.5 Å². The molecular formula is C13H8F3NO2S. The average molecular weight is 299 g/mol. The molecule has 3 rings (SSSR count). The van der Waals surface area contributed by atoms with E-state index in [-0.39, 0.29) is 10.6 Å². The second kappa shape index (κ2) is 4.59. The number of halogens is 3. The molecule has 20 heavy (non-hydrogen) atoms. The first-order valence-electron chi connectivity index (χ1n) is 5.85. The molecule has 2 aromatic rings. The van der Waals surface area contributed by atoms with E-state index in [0.717, 1.165) is 28.3 Å². The fourth-order valence-corrected chi connectivity index (χ4v) is 3.43. The SMILES string of the molecule is O=C(O)C1CCc2sc(-c3ccc(F)c(F)c3F)nc21. The van der Waals surface area contributed by atoms with Crippen molar-refractivity contribution in [2.75, 3.05) is 0 Å². The molecule has 1 aromatic heterocycles. The van der Waals surface area contributed by atoms with Gasteiger partial charge in [-0.25, -0.2) is 18.2 Å². The van der Waals surface area contributed by atoms with Crippen molar-refractivity contribution in [2.45, 2.75) is 18.8 Å². The molecule has 0 saturated heterocycles. The molecule has 1 aliphatic carbocycles. The number of rotatable bonds is 2. The van der Waals surface area contributed by atoms with Gasteiger partial charge < -0.3 is 5.11 Å². The van der Waals surface area contributed by atoms with Crippen LogP contribution in [0.2, 0.25) is 0 Å². The average Bonchev–Trinajstić information content (AvgIpc) is 2.95. The third-order valence-electron chi connectivity index (χ3n) is 3.28. The van der Waals surface area contributed by atoms with E-state index in [1.807, 2.05) is 0 Å². The maximum absolute atomic E-state index is 13.7. The van der Waals surface area contributed by atoms with E-state index in [1.54, 1.807) is 0 Å². The molecule has 0 aliphatic heterocycles. The number of carboxylic acid groups (broad SMARTS) is 1. The van der Waals surface area contributed by atoms with Crippen LogP contribution in [-0.2, 0) is 11.2 Å². The number of aryl methyl sites for hydroxylation is 1. The van der Waals surface area contributed by atoms with E-state index in [4.69, 9.17) is 5.11 Å². The minimum absolute atomic E-state index is 0.146. The first-order chi connectivity index (χ1) is 9.49. The molecule has 3 nitrogen and oxygen atoms in total. The van der Waals surface area contributed by atoms with Crippen molar-refractivity contribution in [3.63, 3.8) is 0 Å². The highest BCUT2D eigenvalue weighted by Crippen LogP contribution is 2.40. The van der Waals surface area contributed by atoms with Gasteiger partial charge in [0.05, 0.1) is 5.69 Å². The minimum atomic E-state index is -1.55. The van der Waals surface area contributed by atoms with Gasteiger partial charge in [-0.1, -0.05) is 0 Å². The van der Waals surface area contributed by atoms with Gasteiger partial charge in [0.15, 0.2) is 17.5 Å². The lowest BCUT2D eigenvalue weighted by atomic mass is 10.1.